The molecule has 0 aliphatic heterocycles. The lowest BCUT2D eigenvalue weighted by Gasteiger charge is -2.29. The second-order valence-corrected chi connectivity index (χ2v) is 6.31. The van der Waals surface area contributed by atoms with Gasteiger partial charge in [0.15, 0.2) is 0 Å². The van der Waals surface area contributed by atoms with Crippen molar-refractivity contribution in [2.24, 2.45) is 11.7 Å². The van der Waals surface area contributed by atoms with Crippen molar-refractivity contribution in [2.75, 3.05) is 13.2 Å². The van der Waals surface area contributed by atoms with E-state index in [0.29, 0.717) is 25.5 Å². The van der Waals surface area contributed by atoms with Crippen LogP contribution in [0.1, 0.15) is 37.3 Å². The molecule has 1 saturated carbocycles. The summed E-state index contributed by atoms with van der Waals surface area (Å²) in [4.78, 5) is 12.0. The lowest BCUT2D eigenvalue weighted by molar-refractivity contribution is -0.123. The van der Waals surface area contributed by atoms with Crippen LogP contribution in [0.3, 0.4) is 0 Å². The zero-order valence-electron chi connectivity index (χ0n) is 13.6. The third-order valence-electron chi connectivity index (χ3n) is 4.24. The molecule has 0 aromatic heterocycles. The molecule has 3 N–H and O–H groups in total. The Bertz CT molecular complexity index is 517. The number of nitrogens with one attached hydrogen (secondary N) is 1. The molecule has 1 aromatic carbocycles. The Hall–Kier alpha value is -1.26. The molecule has 0 spiro atoms. The topological polar surface area (TPSA) is 64.3 Å². The number of aryl methyl sites for hydroxylation is 2. The highest BCUT2D eigenvalue weighted by Crippen LogP contribution is 2.38. The van der Waals surface area contributed by atoms with E-state index in [9.17, 15) is 4.79 Å². The van der Waals surface area contributed by atoms with Crippen LogP contribution < -0.4 is 15.8 Å². The zero-order valence-corrected chi connectivity index (χ0v) is 14.5. The molecule has 1 aliphatic rings. The normalized spacial score (nSPS) is 16.4. The summed E-state index contributed by atoms with van der Waals surface area (Å²) in [5.74, 6) is 1.39. The fraction of sp³-hybridized carbons (Fsp3) is 0.588. The summed E-state index contributed by atoms with van der Waals surface area (Å²) in [6.45, 7) is 6.98. The smallest absolute Gasteiger partial charge is 0.223 e. The van der Waals surface area contributed by atoms with Crippen molar-refractivity contribution in [3.05, 3.63) is 29.3 Å². The third kappa shape index (κ3) is 4.89. The average Bonchev–Trinajstić information content (AvgIpc) is 3.26. The standard InChI is InChI=1S/C17H26N2O2.ClH/c1-12-4-7-15(13(2)10-12)21-9-8-16(20)19-17(3,11-18)14-5-6-14;/h4,7,10,14H,5-6,8-9,11,18H2,1-3H3,(H,19,20);1H. The summed E-state index contributed by atoms with van der Waals surface area (Å²) in [5.41, 5.74) is 7.86. The number of carbonyl (C=O) groups excluding carboxylic acids is 1. The van der Waals surface area contributed by atoms with Gasteiger partial charge in [0.25, 0.3) is 0 Å². The molecular formula is C17H27ClN2O2. The van der Waals surface area contributed by atoms with Gasteiger partial charge < -0.3 is 15.8 Å². The first-order valence-electron chi connectivity index (χ1n) is 7.66. The number of hydrogen-bond acceptors (Lipinski definition) is 3. The van der Waals surface area contributed by atoms with Crippen LogP contribution >= 0.6 is 12.4 Å². The molecule has 22 heavy (non-hydrogen) atoms. The SMILES string of the molecule is Cc1ccc(OCCC(=O)NC(C)(CN)C2CC2)c(C)c1.Cl. The van der Waals surface area contributed by atoms with Crippen LogP contribution in [0.4, 0.5) is 0 Å². The van der Waals surface area contributed by atoms with Crippen LogP contribution in [-0.2, 0) is 4.79 Å². The van der Waals surface area contributed by atoms with Crippen LogP contribution in [0.5, 0.6) is 5.75 Å². The minimum atomic E-state index is -0.253. The van der Waals surface area contributed by atoms with E-state index in [1.165, 1.54) is 5.56 Å². The van der Waals surface area contributed by atoms with Crippen molar-refractivity contribution in [2.45, 2.75) is 45.6 Å². The van der Waals surface area contributed by atoms with E-state index in [0.717, 1.165) is 24.2 Å². The molecule has 1 atom stereocenters. The number of amides is 1. The average molecular weight is 327 g/mol. The maximum Gasteiger partial charge on any atom is 0.223 e. The molecule has 0 heterocycles. The van der Waals surface area contributed by atoms with Crippen molar-refractivity contribution in [3.8, 4) is 5.75 Å². The molecule has 0 bridgehead atoms. The van der Waals surface area contributed by atoms with Gasteiger partial charge in [0, 0.05) is 6.54 Å². The summed E-state index contributed by atoms with van der Waals surface area (Å²) in [6, 6.07) is 6.05. The summed E-state index contributed by atoms with van der Waals surface area (Å²) in [7, 11) is 0. The lowest BCUT2D eigenvalue weighted by atomic mass is 9.96. The van der Waals surface area contributed by atoms with Gasteiger partial charge in [-0.15, -0.1) is 12.4 Å². The van der Waals surface area contributed by atoms with Crippen molar-refractivity contribution in [3.63, 3.8) is 0 Å². The number of hydrogen-bond donors (Lipinski definition) is 2. The van der Waals surface area contributed by atoms with Gasteiger partial charge in [-0.1, -0.05) is 17.7 Å². The van der Waals surface area contributed by atoms with E-state index in [-0.39, 0.29) is 23.9 Å². The van der Waals surface area contributed by atoms with E-state index >= 15 is 0 Å². The van der Waals surface area contributed by atoms with Crippen LogP contribution in [0, 0.1) is 19.8 Å². The zero-order chi connectivity index (χ0) is 15.5. The molecule has 0 saturated heterocycles. The van der Waals surface area contributed by atoms with Gasteiger partial charge in [0.1, 0.15) is 5.75 Å². The predicted octanol–water partition coefficient (Wildman–Crippen LogP) is 2.74. The summed E-state index contributed by atoms with van der Waals surface area (Å²) < 4.78 is 5.69. The quantitative estimate of drug-likeness (QED) is 0.809. The second-order valence-electron chi connectivity index (χ2n) is 6.31. The molecular weight excluding hydrogens is 300 g/mol. The first-order chi connectivity index (χ1) is 9.94. The van der Waals surface area contributed by atoms with Crippen LogP contribution in [0.2, 0.25) is 0 Å². The van der Waals surface area contributed by atoms with Crippen LogP contribution in [0.25, 0.3) is 0 Å². The number of nitrogens with two attached hydrogens (primary N) is 1. The van der Waals surface area contributed by atoms with Gasteiger partial charge in [-0.3, -0.25) is 4.79 Å². The minimum absolute atomic E-state index is 0. The Balaban J connectivity index is 0.00000242. The van der Waals surface area contributed by atoms with E-state index in [1.807, 2.05) is 26.0 Å². The van der Waals surface area contributed by atoms with Gasteiger partial charge in [0.05, 0.1) is 18.6 Å². The Morgan fingerprint density at radius 1 is 1.41 bits per heavy atom. The van der Waals surface area contributed by atoms with Gasteiger partial charge in [-0.25, -0.2) is 0 Å². The predicted molar refractivity (Wildman–Crippen MR) is 91.6 cm³/mol. The van der Waals surface area contributed by atoms with Gasteiger partial charge in [-0.05, 0) is 51.2 Å². The maximum absolute atomic E-state index is 12.0. The highest BCUT2D eigenvalue weighted by molar-refractivity contribution is 5.85. The number of ether oxygens (including phenoxy) is 1. The lowest BCUT2D eigenvalue weighted by Crippen LogP contribution is -2.53. The molecule has 1 aromatic rings. The van der Waals surface area contributed by atoms with Gasteiger partial charge in [0.2, 0.25) is 5.91 Å². The van der Waals surface area contributed by atoms with Crippen molar-refractivity contribution < 1.29 is 9.53 Å². The minimum Gasteiger partial charge on any atom is -0.493 e. The van der Waals surface area contributed by atoms with Crippen LogP contribution in [-0.4, -0.2) is 24.6 Å². The van der Waals surface area contributed by atoms with Crippen molar-refractivity contribution in [1.82, 2.24) is 5.32 Å². The highest BCUT2D eigenvalue weighted by atomic mass is 35.5. The Morgan fingerprint density at radius 3 is 2.64 bits per heavy atom. The first kappa shape index (κ1) is 18.8. The van der Waals surface area contributed by atoms with Crippen LogP contribution in [0.15, 0.2) is 18.2 Å². The third-order valence-corrected chi connectivity index (χ3v) is 4.24. The fourth-order valence-electron chi connectivity index (χ4n) is 2.64. The Morgan fingerprint density at radius 2 is 2.09 bits per heavy atom. The monoisotopic (exact) mass is 326 g/mol. The Kier molecular flexibility index (Phi) is 6.69. The molecule has 124 valence electrons. The fourth-order valence-corrected chi connectivity index (χ4v) is 2.64. The van der Waals surface area contributed by atoms with E-state index in [1.54, 1.807) is 0 Å². The Labute approximate surface area is 139 Å². The highest BCUT2D eigenvalue weighted by Gasteiger charge is 2.41. The summed E-state index contributed by atoms with van der Waals surface area (Å²) in [6.07, 6.45) is 2.68. The van der Waals surface area contributed by atoms with Gasteiger partial charge in [-0.2, -0.15) is 0 Å². The largest absolute Gasteiger partial charge is 0.493 e. The number of benzene rings is 1. The molecule has 2 rings (SSSR count). The summed E-state index contributed by atoms with van der Waals surface area (Å²) in [5, 5.41) is 3.07. The number of halogens is 1. The van der Waals surface area contributed by atoms with E-state index in [2.05, 4.69) is 18.3 Å². The molecule has 1 aliphatic carbocycles. The van der Waals surface area contributed by atoms with E-state index in [4.69, 9.17) is 10.5 Å². The van der Waals surface area contributed by atoms with Crippen molar-refractivity contribution in [1.29, 1.82) is 0 Å². The molecule has 0 radical (unpaired) electrons. The maximum atomic E-state index is 12.0. The molecule has 4 nitrogen and oxygen atoms in total. The first-order valence-corrected chi connectivity index (χ1v) is 7.66. The van der Waals surface area contributed by atoms with Gasteiger partial charge >= 0.3 is 0 Å². The molecule has 5 heteroatoms. The second kappa shape index (κ2) is 7.84. The number of rotatable bonds is 7. The molecule has 1 unspecified atom stereocenters. The molecule has 1 amide bonds. The van der Waals surface area contributed by atoms with E-state index < -0.39 is 0 Å². The summed E-state index contributed by atoms with van der Waals surface area (Å²) >= 11 is 0. The molecule has 1 fully saturated rings. The number of carbonyl (C=O) groups is 1. The van der Waals surface area contributed by atoms with Crippen molar-refractivity contribution >= 4 is 18.3 Å².